The molecular weight excluding hydrogens is 566 g/mol. The smallest absolute Gasteiger partial charge is 0.410 e. The topological polar surface area (TPSA) is 98.7 Å². The van der Waals surface area contributed by atoms with Crippen LogP contribution in [0.1, 0.15) is 72.5 Å². The predicted octanol–water partition coefficient (Wildman–Crippen LogP) is 6.96. The van der Waals surface area contributed by atoms with Crippen molar-refractivity contribution in [2.24, 2.45) is 0 Å². The van der Waals surface area contributed by atoms with Crippen molar-refractivity contribution >= 4 is 43.4 Å². The number of ether oxygens (including phenoxy) is 2. The number of carbonyl (C=O) groups is 1. The predicted molar refractivity (Wildman–Crippen MR) is 163 cm³/mol. The van der Waals surface area contributed by atoms with Crippen LogP contribution in [0.25, 0.3) is 10.6 Å². The van der Waals surface area contributed by atoms with Gasteiger partial charge in [0.05, 0.1) is 23.8 Å². The highest BCUT2D eigenvalue weighted by molar-refractivity contribution is 7.09. The van der Waals surface area contributed by atoms with Crippen LogP contribution >= 0.6 is 23.1 Å². The maximum atomic E-state index is 12.4. The molecule has 2 aliphatic heterocycles. The highest BCUT2D eigenvalue weighted by atomic mass is 35.5. The van der Waals surface area contributed by atoms with Crippen LogP contribution in [0.4, 0.5) is 10.6 Å². The van der Waals surface area contributed by atoms with Gasteiger partial charge in [-0.2, -0.15) is 4.37 Å². The Hall–Kier alpha value is -1.79. The maximum Gasteiger partial charge on any atom is 0.410 e. The Morgan fingerprint density at radius 1 is 1.18 bits per heavy atom. The van der Waals surface area contributed by atoms with E-state index >= 15 is 0 Å². The summed E-state index contributed by atoms with van der Waals surface area (Å²) < 4.78 is 22.7. The standard InChI is InChI=1S/C28H44ClN5O4SSi/c1-27(2,3)37-26(35)34-12-9-18(10-13-34)24-32-25(39-33-24)19-15-23(30-16-20(19)29)31-21-11-14-36-17-22(21)38-40(7,8)28(4,5)6/h15-16,18,21-22H,9-14,17H2,1-8H3,(H,30,31)/t21-,22-/m1/s1. The molecule has 0 saturated carbocycles. The summed E-state index contributed by atoms with van der Waals surface area (Å²) in [4.78, 5) is 23.6. The fraction of sp³-hybridized carbons (Fsp3) is 0.714. The first-order valence-corrected chi connectivity index (χ1v) is 18.2. The first-order chi connectivity index (χ1) is 18.6. The van der Waals surface area contributed by atoms with Gasteiger partial charge < -0.3 is 24.1 Å². The number of hydrogen-bond donors (Lipinski definition) is 1. The van der Waals surface area contributed by atoms with Gasteiger partial charge in [0.15, 0.2) is 8.32 Å². The first kappa shape index (κ1) is 31.1. The summed E-state index contributed by atoms with van der Waals surface area (Å²) >= 11 is 7.94. The van der Waals surface area contributed by atoms with Crippen molar-refractivity contribution in [2.75, 3.05) is 31.6 Å². The molecule has 222 valence electrons. The Bertz CT molecular complexity index is 1170. The van der Waals surface area contributed by atoms with Gasteiger partial charge in [-0.25, -0.2) is 14.8 Å². The number of nitrogens with zero attached hydrogens (tertiary/aromatic N) is 4. The molecule has 0 radical (unpaired) electrons. The zero-order valence-corrected chi connectivity index (χ0v) is 27.6. The number of halogens is 1. The Balaban J connectivity index is 1.43. The summed E-state index contributed by atoms with van der Waals surface area (Å²) in [7, 11) is -1.97. The van der Waals surface area contributed by atoms with Gasteiger partial charge in [-0.05, 0) is 75.8 Å². The average Bonchev–Trinajstić information content (AvgIpc) is 3.35. The molecule has 2 aromatic heterocycles. The lowest BCUT2D eigenvalue weighted by Gasteiger charge is -2.43. The summed E-state index contributed by atoms with van der Waals surface area (Å²) in [6.45, 7) is 19.4. The fourth-order valence-corrected chi connectivity index (χ4v) is 6.94. The van der Waals surface area contributed by atoms with Crippen LogP contribution in [0, 0.1) is 0 Å². The van der Waals surface area contributed by atoms with Crippen molar-refractivity contribution in [1.29, 1.82) is 0 Å². The van der Waals surface area contributed by atoms with Gasteiger partial charge in [-0.3, -0.25) is 0 Å². The second kappa shape index (κ2) is 12.2. The van der Waals surface area contributed by atoms with Crippen LogP contribution in [-0.2, 0) is 13.9 Å². The molecule has 0 spiro atoms. The molecule has 2 saturated heterocycles. The quantitative estimate of drug-likeness (QED) is 0.351. The van der Waals surface area contributed by atoms with Gasteiger partial charge in [-0.1, -0.05) is 32.4 Å². The van der Waals surface area contributed by atoms with E-state index < -0.39 is 13.9 Å². The number of aromatic nitrogens is 3. The molecule has 0 bridgehead atoms. The number of anilines is 1. The lowest BCUT2D eigenvalue weighted by atomic mass is 9.96. The van der Waals surface area contributed by atoms with E-state index in [0.29, 0.717) is 31.3 Å². The molecule has 9 nitrogen and oxygen atoms in total. The number of likely N-dealkylation sites (tertiary alicyclic amines) is 1. The van der Waals surface area contributed by atoms with E-state index in [-0.39, 0.29) is 29.2 Å². The van der Waals surface area contributed by atoms with E-state index in [9.17, 15) is 4.79 Å². The Kier molecular flexibility index (Phi) is 9.51. The van der Waals surface area contributed by atoms with Crippen molar-refractivity contribution < 1.29 is 18.7 Å². The van der Waals surface area contributed by atoms with E-state index in [1.54, 1.807) is 11.1 Å². The van der Waals surface area contributed by atoms with E-state index in [1.165, 1.54) is 11.5 Å². The van der Waals surface area contributed by atoms with Gasteiger partial charge in [0.1, 0.15) is 22.3 Å². The number of pyridine rings is 1. The van der Waals surface area contributed by atoms with Crippen LogP contribution in [0.2, 0.25) is 23.2 Å². The van der Waals surface area contributed by atoms with Crippen LogP contribution in [0.15, 0.2) is 12.3 Å². The van der Waals surface area contributed by atoms with Crippen molar-refractivity contribution in [3.8, 4) is 10.6 Å². The average molecular weight is 610 g/mol. The van der Waals surface area contributed by atoms with E-state index in [1.807, 2.05) is 26.8 Å². The largest absolute Gasteiger partial charge is 0.444 e. The minimum atomic E-state index is -1.97. The molecule has 0 unspecified atom stereocenters. The van der Waals surface area contributed by atoms with Crippen molar-refractivity contribution in [3.63, 3.8) is 0 Å². The summed E-state index contributed by atoms with van der Waals surface area (Å²) in [5, 5.41) is 5.01. The number of nitrogens with one attached hydrogen (secondary N) is 1. The van der Waals surface area contributed by atoms with Crippen LogP contribution < -0.4 is 5.32 Å². The summed E-state index contributed by atoms with van der Waals surface area (Å²) in [6.07, 6.45) is 3.79. The molecule has 2 atom stereocenters. The normalized spacial score (nSPS) is 21.4. The Morgan fingerprint density at radius 2 is 1.88 bits per heavy atom. The SMILES string of the molecule is CC(C)(C)OC(=O)N1CCC(c2nsc(-c3cc(N[C@@H]4CCOC[C@H]4O[Si](C)(C)C(C)(C)C)ncc3Cl)n2)CC1. The number of amides is 1. The molecule has 0 aliphatic carbocycles. The van der Waals surface area contributed by atoms with Gasteiger partial charge in [-0.15, -0.1) is 0 Å². The molecule has 1 amide bonds. The molecule has 2 aromatic rings. The molecule has 2 aliphatic rings. The van der Waals surface area contributed by atoms with Crippen LogP contribution in [0.3, 0.4) is 0 Å². The monoisotopic (exact) mass is 609 g/mol. The second-order valence-corrected chi connectivity index (χ2v) is 19.2. The van der Waals surface area contributed by atoms with Gasteiger partial charge in [0.25, 0.3) is 0 Å². The van der Waals surface area contributed by atoms with Crippen molar-refractivity contribution in [2.45, 2.75) is 103 Å². The summed E-state index contributed by atoms with van der Waals surface area (Å²) in [6, 6.07) is 2.04. The summed E-state index contributed by atoms with van der Waals surface area (Å²) in [5.74, 6) is 1.73. The zero-order chi connectivity index (χ0) is 29.3. The Labute approximate surface area is 248 Å². The third kappa shape index (κ3) is 7.73. The van der Waals surface area contributed by atoms with Crippen LogP contribution in [-0.4, -0.2) is 77.7 Å². The molecular formula is C28H44ClN5O4SSi. The first-order valence-electron chi connectivity index (χ1n) is 14.1. The third-order valence-electron chi connectivity index (χ3n) is 7.93. The van der Waals surface area contributed by atoms with Crippen LogP contribution in [0.5, 0.6) is 0 Å². The highest BCUT2D eigenvalue weighted by Crippen LogP contribution is 2.39. The lowest BCUT2D eigenvalue weighted by molar-refractivity contribution is -0.00702. The van der Waals surface area contributed by atoms with Crippen molar-refractivity contribution in [1.82, 2.24) is 19.2 Å². The zero-order valence-electron chi connectivity index (χ0n) is 25.0. The molecule has 2 fully saturated rings. The molecule has 40 heavy (non-hydrogen) atoms. The van der Waals surface area contributed by atoms with Gasteiger partial charge >= 0.3 is 6.09 Å². The third-order valence-corrected chi connectivity index (χ3v) is 13.5. The molecule has 12 heteroatoms. The lowest BCUT2D eigenvalue weighted by Crippen LogP contribution is -2.52. The number of hydrogen-bond acceptors (Lipinski definition) is 9. The minimum absolute atomic E-state index is 0.0461. The van der Waals surface area contributed by atoms with Crippen molar-refractivity contribution in [3.05, 3.63) is 23.1 Å². The van der Waals surface area contributed by atoms with E-state index in [2.05, 4.69) is 48.5 Å². The summed E-state index contributed by atoms with van der Waals surface area (Å²) in [5.41, 5.74) is 0.309. The molecule has 4 rings (SSSR count). The van der Waals surface area contributed by atoms with E-state index in [0.717, 1.165) is 41.5 Å². The van der Waals surface area contributed by atoms with Gasteiger partial charge in [0, 0.05) is 37.4 Å². The van der Waals surface area contributed by atoms with E-state index in [4.69, 9.17) is 30.5 Å². The fourth-order valence-electron chi connectivity index (χ4n) is 4.58. The second-order valence-electron chi connectivity index (χ2n) is 13.3. The number of piperidine rings is 1. The maximum absolute atomic E-state index is 12.4. The molecule has 1 N–H and O–H groups in total. The molecule has 4 heterocycles. The number of carbonyl (C=O) groups excluding carboxylic acids is 1. The minimum Gasteiger partial charge on any atom is -0.444 e. The highest BCUT2D eigenvalue weighted by Gasteiger charge is 2.41. The van der Waals surface area contributed by atoms with Gasteiger partial charge in [0.2, 0.25) is 0 Å². The number of rotatable bonds is 6. The molecule has 0 aromatic carbocycles. The Morgan fingerprint density at radius 3 is 2.52 bits per heavy atom.